The third-order valence-corrected chi connectivity index (χ3v) is 3.46. The highest BCUT2D eigenvalue weighted by molar-refractivity contribution is 5.96. The van der Waals surface area contributed by atoms with E-state index in [0.29, 0.717) is 17.4 Å². The van der Waals surface area contributed by atoms with E-state index < -0.39 is 5.97 Å². The number of benzene rings is 2. The van der Waals surface area contributed by atoms with E-state index >= 15 is 0 Å². The lowest BCUT2D eigenvalue weighted by Crippen LogP contribution is -2.08. The Balaban J connectivity index is 2.32. The summed E-state index contributed by atoms with van der Waals surface area (Å²) in [4.78, 5) is 24.1. The summed E-state index contributed by atoms with van der Waals surface area (Å²) in [6.45, 7) is 2.09. The number of rotatable bonds is 3. The van der Waals surface area contributed by atoms with Gasteiger partial charge in [0.1, 0.15) is 0 Å². The first-order chi connectivity index (χ1) is 10.7. The molecule has 0 amide bonds. The monoisotopic (exact) mass is 293 g/mol. The fraction of sp³-hybridized carbons (Fsp3) is 0.111. The molecular weight excluding hydrogens is 278 g/mol. The molecule has 0 spiro atoms. The van der Waals surface area contributed by atoms with E-state index in [1.165, 1.54) is 6.08 Å². The third kappa shape index (κ3) is 2.39. The molecule has 2 aromatic carbocycles. The number of hydrogen-bond acceptors (Lipinski definition) is 3. The molecule has 4 nitrogen and oxygen atoms in total. The van der Waals surface area contributed by atoms with Gasteiger partial charge in [0.05, 0.1) is 17.6 Å². The molecule has 1 heterocycles. The third-order valence-electron chi connectivity index (χ3n) is 3.46. The van der Waals surface area contributed by atoms with E-state index in [-0.39, 0.29) is 5.43 Å². The molecule has 0 bridgehead atoms. The predicted molar refractivity (Wildman–Crippen MR) is 87.7 cm³/mol. The number of nitrogens with zero attached hydrogens (tertiary/aromatic N) is 1. The van der Waals surface area contributed by atoms with Gasteiger partial charge in [0.15, 0.2) is 5.43 Å². The molecule has 0 atom stereocenters. The number of hydrogen-bond donors (Lipinski definition) is 0. The summed E-state index contributed by atoms with van der Waals surface area (Å²) in [6, 6.07) is 14.7. The van der Waals surface area contributed by atoms with Gasteiger partial charge in [-0.25, -0.2) is 4.79 Å². The average Bonchev–Trinajstić information content (AvgIpc) is 2.55. The van der Waals surface area contributed by atoms with Crippen molar-refractivity contribution in [3.63, 3.8) is 0 Å². The fourth-order valence-electron chi connectivity index (χ4n) is 2.51. The summed E-state index contributed by atoms with van der Waals surface area (Å²) in [5, 5.41) is 1.24. The van der Waals surface area contributed by atoms with Crippen molar-refractivity contribution in [2.75, 3.05) is 6.61 Å². The number of pyridine rings is 1. The van der Waals surface area contributed by atoms with Crippen LogP contribution in [0.4, 0.5) is 0 Å². The van der Waals surface area contributed by atoms with E-state index in [9.17, 15) is 9.59 Å². The van der Waals surface area contributed by atoms with E-state index in [0.717, 1.165) is 11.0 Å². The minimum absolute atomic E-state index is 0.00742. The van der Waals surface area contributed by atoms with Crippen molar-refractivity contribution < 1.29 is 9.53 Å². The molecule has 0 N–H and O–H groups in total. The maximum atomic E-state index is 12.6. The number of ether oxygens (including phenoxy) is 1. The molecule has 1 aromatic heterocycles. The minimum Gasteiger partial charge on any atom is -0.463 e. The fourth-order valence-corrected chi connectivity index (χ4v) is 2.51. The van der Waals surface area contributed by atoms with Gasteiger partial charge in [-0.05, 0) is 31.2 Å². The number of esters is 1. The number of fused-ring (bicyclic) bond motifs is 2. The van der Waals surface area contributed by atoms with Gasteiger partial charge in [-0.1, -0.05) is 24.3 Å². The highest BCUT2D eigenvalue weighted by atomic mass is 16.5. The van der Waals surface area contributed by atoms with Gasteiger partial charge in [0, 0.05) is 23.0 Å². The van der Waals surface area contributed by atoms with Gasteiger partial charge in [0.25, 0.3) is 0 Å². The Morgan fingerprint density at radius 2 is 1.59 bits per heavy atom. The molecular formula is C18H15NO3. The first-order valence-corrected chi connectivity index (χ1v) is 7.09. The zero-order valence-electron chi connectivity index (χ0n) is 12.2. The molecule has 3 rings (SSSR count). The van der Waals surface area contributed by atoms with Crippen LogP contribution in [0.15, 0.2) is 59.4 Å². The number of carbonyl (C=O) groups excluding carboxylic acids is 1. The largest absolute Gasteiger partial charge is 0.463 e. The van der Waals surface area contributed by atoms with Crippen LogP contribution in [0.5, 0.6) is 0 Å². The van der Waals surface area contributed by atoms with Crippen molar-refractivity contribution >= 4 is 34.0 Å². The molecule has 4 heteroatoms. The lowest BCUT2D eigenvalue weighted by molar-refractivity contribution is -0.137. The van der Waals surface area contributed by atoms with Crippen LogP contribution in [0.1, 0.15) is 6.92 Å². The number of aromatic nitrogens is 1. The maximum Gasteiger partial charge on any atom is 0.332 e. The lowest BCUT2D eigenvalue weighted by Gasteiger charge is -2.10. The van der Waals surface area contributed by atoms with Gasteiger partial charge < -0.3 is 9.30 Å². The predicted octanol–water partition coefficient (Wildman–Crippen LogP) is 3.19. The zero-order chi connectivity index (χ0) is 15.5. The van der Waals surface area contributed by atoms with Crippen LogP contribution in [0.2, 0.25) is 0 Å². The number of para-hydroxylation sites is 2. The summed E-state index contributed by atoms with van der Waals surface area (Å²) < 4.78 is 6.75. The molecule has 0 saturated heterocycles. The van der Waals surface area contributed by atoms with E-state index in [1.807, 2.05) is 41.0 Å². The molecule has 0 saturated carbocycles. The summed E-state index contributed by atoms with van der Waals surface area (Å²) in [5.74, 6) is -0.408. The van der Waals surface area contributed by atoms with Crippen molar-refractivity contribution in [3.05, 3.63) is 64.8 Å². The van der Waals surface area contributed by atoms with Gasteiger partial charge in [0.2, 0.25) is 0 Å². The molecule has 0 fully saturated rings. The average molecular weight is 293 g/mol. The number of carbonyl (C=O) groups is 1. The second-order valence-corrected chi connectivity index (χ2v) is 4.80. The Bertz CT molecular complexity index is 878. The quantitative estimate of drug-likeness (QED) is 0.423. The van der Waals surface area contributed by atoms with Gasteiger partial charge in [-0.15, -0.1) is 0 Å². The van der Waals surface area contributed by atoms with Crippen molar-refractivity contribution in [2.24, 2.45) is 0 Å². The first kappa shape index (κ1) is 14.1. The van der Waals surface area contributed by atoms with Crippen LogP contribution in [0.25, 0.3) is 28.0 Å². The van der Waals surface area contributed by atoms with E-state index in [2.05, 4.69) is 0 Å². The first-order valence-electron chi connectivity index (χ1n) is 7.09. The van der Waals surface area contributed by atoms with Gasteiger partial charge >= 0.3 is 5.97 Å². The summed E-state index contributed by atoms with van der Waals surface area (Å²) in [7, 11) is 0. The second-order valence-electron chi connectivity index (χ2n) is 4.80. The molecule has 0 unspecified atom stereocenters. The van der Waals surface area contributed by atoms with Crippen LogP contribution < -0.4 is 5.43 Å². The Morgan fingerprint density at radius 3 is 2.14 bits per heavy atom. The second kappa shape index (κ2) is 5.85. The highest BCUT2D eigenvalue weighted by Gasteiger charge is 2.08. The summed E-state index contributed by atoms with van der Waals surface area (Å²) in [5.41, 5.74) is 1.51. The molecule has 0 aliphatic rings. The lowest BCUT2D eigenvalue weighted by atomic mass is 10.1. The molecule has 0 aliphatic carbocycles. The summed E-state index contributed by atoms with van der Waals surface area (Å²) in [6.07, 6.45) is 3.01. The topological polar surface area (TPSA) is 48.3 Å². The van der Waals surface area contributed by atoms with Crippen molar-refractivity contribution in [1.29, 1.82) is 0 Å². The maximum absolute atomic E-state index is 12.6. The van der Waals surface area contributed by atoms with Crippen LogP contribution >= 0.6 is 0 Å². The van der Waals surface area contributed by atoms with Crippen LogP contribution in [-0.4, -0.2) is 17.1 Å². The van der Waals surface area contributed by atoms with Crippen molar-refractivity contribution in [2.45, 2.75) is 6.92 Å². The Hall–Kier alpha value is -2.88. The van der Waals surface area contributed by atoms with Crippen molar-refractivity contribution in [3.8, 4) is 0 Å². The Labute approximate surface area is 127 Å². The molecule has 0 aliphatic heterocycles. The highest BCUT2D eigenvalue weighted by Crippen LogP contribution is 2.19. The smallest absolute Gasteiger partial charge is 0.332 e. The Morgan fingerprint density at radius 1 is 1.05 bits per heavy atom. The minimum atomic E-state index is -0.408. The zero-order valence-corrected chi connectivity index (χ0v) is 12.2. The van der Waals surface area contributed by atoms with Crippen molar-refractivity contribution in [1.82, 2.24) is 4.57 Å². The molecule has 3 aromatic rings. The SMILES string of the molecule is CCOC(=O)/C=C/n1c2ccccc2c(=O)c2ccccc21. The van der Waals surface area contributed by atoms with Gasteiger partial charge in [-0.3, -0.25) is 4.79 Å². The van der Waals surface area contributed by atoms with Gasteiger partial charge in [-0.2, -0.15) is 0 Å². The molecule has 110 valence electrons. The standard InChI is InChI=1S/C18H15NO3/c1-2-22-17(20)11-12-19-15-9-5-3-7-13(15)18(21)14-8-4-6-10-16(14)19/h3-12H,2H2,1H3/b12-11+. The molecule has 22 heavy (non-hydrogen) atoms. The Kier molecular flexibility index (Phi) is 3.74. The summed E-state index contributed by atoms with van der Waals surface area (Å²) >= 11 is 0. The molecule has 0 radical (unpaired) electrons. The van der Waals surface area contributed by atoms with Crippen LogP contribution in [0, 0.1) is 0 Å². The van der Waals surface area contributed by atoms with E-state index in [4.69, 9.17) is 4.74 Å². The van der Waals surface area contributed by atoms with E-state index in [1.54, 1.807) is 25.3 Å². The normalized spacial score (nSPS) is 11.3. The van der Waals surface area contributed by atoms with Crippen LogP contribution in [0.3, 0.4) is 0 Å². The van der Waals surface area contributed by atoms with Crippen LogP contribution in [-0.2, 0) is 9.53 Å².